The fourth-order valence-corrected chi connectivity index (χ4v) is 2.78. The number of alkyl halides is 2. The molecule has 0 spiro atoms. The fraction of sp³-hybridized carbons (Fsp3) is 0.818. The summed E-state index contributed by atoms with van der Waals surface area (Å²) in [5, 5.41) is 3.51. The lowest BCUT2D eigenvalue weighted by molar-refractivity contribution is 0.107. The molecule has 3 unspecified atom stereocenters. The van der Waals surface area contributed by atoms with E-state index in [9.17, 15) is 8.78 Å². The number of halogens is 2. The van der Waals surface area contributed by atoms with Gasteiger partial charge in [-0.2, -0.15) is 0 Å². The van der Waals surface area contributed by atoms with E-state index in [4.69, 9.17) is 0 Å². The Kier molecular flexibility index (Phi) is 1.76. The molecule has 2 bridgehead atoms. The van der Waals surface area contributed by atoms with E-state index in [0.29, 0.717) is 12.1 Å². The summed E-state index contributed by atoms with van der Waals surface area (Å²) in [5.41, 5.74) is 1.28. The zero-order valence-corrected chi connectivity index (χ0v) is 8.10. The van der Waals surface area contributed by atoms with Gasteiger partial charge in [0.25, 0.3) is 5.92 Å². The smallest absolute Gasteiger partial charge is 0.255 e. The van der Waals surface area contributed by atoms with Gasteiger partial charge in [0.05, 0.1) is 0 Å². The minimum absolute atomic E-state index is 0.0826. The topological polar surface area (TPSA) is 12.0 Å². The minimum atomic E-state index is -2.38. The highest BCUT2D eigenvalue weighted by molar-refractivity contribution is 5.20. The average Bonchev–Trinajstić information content (AvgIpc) is 2.53. The molecule has 78 valence electrons. The molecule has 14 heavy (non-hydrogen) atoms. The molecule has 1 saturated carbocycles. The van der Waals surface area contributed by atoms with E-state index >= 15 is 0 Å². The van der Waals surface area contributed by atoms with Gasteiger partial charge in [0.1, 0.15) is 0 Å². The van der Waals surface area contributed by atoms with Crippen LogP contribution in [0.15, 0.2) is 11.6 Å². The molecule has 3 heteroatoms. The lowest BCUT2D eigenvalue weighted by Crippen LogP contribution is -2.34. The molecule has 3 aliphatic rings. The van der Waals surface area contributed by atoms with Crippen LogP contribution in [0.4, 0.5) is 8.78 Å². The molecule has 2 aliphatic heterocycles. The van der Waals surface area contributed by atoms with Crippen molar-refractivity contribution in [3.8, 4) is 0 Å². The SMILES string of the molecule is FC1(F)CC1C=C1CC2CCC(C1)N2. The molecule has 1 N–H and O–H groups in total. The maximum atomic E-state index is 12.7. The predicted molar refractivity (Wildman–Crippen MR) is 50.3 cm³/mol. The van der Waals surface area contributed by atoms with Gasteiger partial charge in [0, 0.05) is 24.4 Å². The number of allylic oxidation sites excluding steroid dienone is 1. The van der Waals surface area contributed by atoms with Crippen molar-refractivity contribution in [2.75, 3.05) is 0 Å². The highest BCUT2D eigenvalue weighted by atomic mass is 19.3. The van der Waals surface area contributed by atoms with E-state index in [2.05, 4.69) is 5.32 Å². The van der Waals surface area contributed by atoms with Gasteiger partial charge in [-0.15, -0.1) is 0 Å². The normalized spacial score (nSPS) is 43.9. The van der Waals surface area contributed by atoms with Crippen LogP contribution >= 0.6 is 0 Å². The zero-order valence-electron chi connectivity index (χ0n) is 8.10. The van der Waals surface area contributed by atoms with Gasteiger partial charge in [0.15, 0.2) is 0 Å². The van der Waals surface area contributed by atoms with Gasteiger partial charge in [-0.25, -0.2) is 8.78 Å². The molecule has 0 aromatic heterocycles. The van der Waals surface area contributed by atoms with Crippen molar-refractivity contribution in [1.82, 2.24) is 5.32 Å². The molecule has 0 radical (unpaired) electrons. The van der Waals surface area contributed by atoms with Crippen LogP contribution in [-0.4, -0.2) is 18.0 Å². The summed E-state index contributed by atoms with van der Waals surface area (Å²) in [5.74, 6) is -2.81. The highest BCUT2D eigenvalue weighted by Crippen LogP contribution is 2.50. The lowest BCUT2D eigenvalue weighted by Gasteiger charge is -2.23. The third-order valence-corrected chi connectivity index (χ3v) is 3.66. The van der Waals surface area contributed by atoms with E-state index in [1.165, 1.54) is 18.4 Å². The van der Waals surface area contributed by atoms with E-state index in [1.807, 2.05) is 6.08 Å². The Morgan fingerprint density at radius 3 is 2.29 bits per heavy atom. The van der Waals surface area contributed by atoms with Crippen LogP contribution in [0.1, 0.15) is 32.1 Å². The average molecular weight is 199 g/mol. The Morgan fingerprint density at radius 1 is 1.21 bits per heavy atom. The second-order valence-corrected chi connectivity index (χ2v) is 4.94. The molecule has 1 aliphatic carbocycles. The van der Waals surface area contributed by atoms with Gasteiger partial charge >= 0.3 is 0 Å². The Hall–Kier alpha value is -0.440. The van der Waals surface area contributed by atoms with Crippen LogP contribution in [0.3, 0.4) is 0 Å². The first-order valence-corrected chi connectivity index (χ1v) is 5.47. The predicted octanol–water partition coefficient (Wildman–Crippen LogP) is 2.48. The van der Waals surface area contributed by atoms with Gasteiger partial charge in [-0.3, -0.25) is 0 Å². The van der Waals surface area contributed by atoms with Crippen molar-refractivity contribution >= 4 is 0 Å². The van der Waals surface area contributed by atoms with Gasteiger partial charge in [0.2, 0.25) is 0 Å². The number of hydrogen-bond donors (Lipinski definition) is 1. The summed E-state index contributed by atoms with van der Waals surface area (Å²) in [7, 11) is 0. The summed E-state index contributed by atoms with van der Waals surface area (Å²) >= 11 is 0. The van der Waals surface area contributed by atoms with Crippen molar-refractivity contribution in [1.29, 1.82) is 0 Å². The van der Waals surface area contributed by atoms with Crippen LogP contribution in [0, 0.1) is 5.92 Å². The van der Waals surface area contributed by atoms with Crippen molar-refractivity contribution in [2.45, 2.75) is 50.1 Å². The Morgan fingerprint density at radius 2 is 1.79 bits per heavy atom. The summed E-state index contributed by atoms with van der Waals surface area (Å²) in [6.45, 7) is 0. The lowest BCUT2D eigenvalue weighted by atomic mass is 9.98. The van der Waals surface area contributed by atoms with Crippen LogP contribution in [0.25, 0.3) is 0 Å². The molecule has 0 amide bonds. The summed E-state index contributed by atoms with van der Waals surface area (Å²) in [4.78, 5) is 0. The molecule has 1 nitrogen and oxygen atoms in total. The standard InChI is InChI=1S/C11H15F2N/c12-11(13)6-8(11)3-7-4-9-1-2-10(5-7)14-9/h3,8-10,14H,1-2,4-6H2. The number of rotatable bonds is 1. The van der Waals surface area contributed by atoms with Crippen molar-refractivity contribution < 1.29 is 8.78 Å². The van der Waals surface area contributed by atoms with Crippen molar-refractivity contribution in [3.63, 3.8) is 0 Å². The molecule has 3 atom stereocenters. The Balaban J connectivity index is 1.69. The molecule has 0 aromatic carbocycles. The second kappa shape index (κ2) is 2.78. The van der Waals surface area contributed by atoms with Crippen LogP contribution in [0.2, 0.25) is 0 Å². The maximum Gasteiger partial charge on any atom is 0.255 e. The van der Waals surface area contributed by atoms with E-state index in [1.54, 1.807) is 0 Å². The van der Waals surface area contributed by atoms with E-state index in [0.717, 1.165) is 12.8 Å². The van der Waals surface area contributed by atoms with Crippen LogP contribution in [0.5, 0.6) is 0 Å². The maximum absolute atomic E-state index is 12.7. The summed E-state index contributed by atoms with van der Waals surface area (Å²) in [6.07, 6.45) is 6.39. The molecular formula is C11H15F2N. The van der Waals surface area contributed by atoms with Crippen LogP contribution < -0.4 is 5.32 Å². The third kappa shape index (κ3) is 1.48. The van der Waals surface area contributed by atoms with Gasteiger partial charge in [-0.05, 0) is 25.7 Å². The zero-order chi connectivity index (χ0) is 9.76. The number of hydrogen-bond acceptors (Lipinski definition) is 1. The first-order valence-electron chi connectivity index (χ1n) is 5.47. The molecule has 2 heterocycles. The fourth-order valence-electron chi connectivity index (χ4n) is 2.78. The third-order valence-electron chi connectivity index (χ3n) is 3.66. The number of fused-ring (bicyclic) bond motifs is 2. The molecule has 2 saturated heterocycles. The first-order chi connectivity index (χ1) is 6.63. The van der Waals surface area contributed by atoms with Gasteiger partial charge in [-0.1, -0.05) is 11.6 Å². The number of nitrogens with one attached hydrogen (secondary N) is 1. The van der Waals surface area contributed by atoms with Crippen molar-refractivity contribution in [3.05, 3.63) is 11.6 Å². The monoisotopic (exact) mass is 199 g/mol. The minimum Gasteiger partial charge on any atom is -0.311 e. The quantitative estimate of drug-likeness (QED) is 0.640. The van der Waals surface area contributed by atoms with E-state index < -0.39 is 11.8 Å². The highest BCUT2D eigenvalue weighted by Gasteiger charge is 2.55. The first kappa shape index (κ1) is 8.84. The van der Waals surface area contributed by atoms with E-state index in [-0.39, 0.29) is 6.42 Å². The number of piperidine rings is 1. The molecule has 3 rings (SSSR count). The molecular weight excluding hydrogens is 184 g/mol. The summed E-state index contributed by atoms with van der Waals surface area (Å²) < 4.78 is 25.4. The molecule has 0 aromatic rings. The largest absolute Gasteiger partial charge is 0.311 e. The Labute approximate surface area is 82.6 Å². The van der Waals surface area contributed by atoms with Gasteiger partial charge < -0.3 is 5.32 Å². The molecule has 3 fully saturated rings. The summed E-state index contributed by atoms with van der Waals surface area (Å²) in [6, 6.07) is 1.15. The van der Waals surface area contributed by atoms with Crippen molar-refractivity contribution in [2.24, 2.45) is 5.92 Å². The Bertz CT molecular complexity index is 271. The second-order valence-electron chi connectivity index (χ2n) is 4.94. The van der Waals surface area contributed by atoms with Crippen LogP contribution in [-0.2, 0) is 0 Å².